The second-order valence-corrected chi connectivity index (χ2v) is 7.60. The van der Waals surface area contributed by atoms with E-state index in [-0.39, 0.29) is 41.6 Å². The highest BCUT2D eigenvalue weighted by Gasteiger charge is 2.45. The van der Waals surface area contributed by atoms with Crippen molar-refractivity contribution in [3.8, 4) is 6.07 Å². The van der Waals surface area contributed by atoms with Crippen LogP contribution in [0.1, 0.15) is 62.7 Å². The molecule has 1 aromatic heterocycles. The number of aromatic nitrogens is 1. The van der Waals surface area contributed by atoms with Gasteiger partial charge in [-0.3, -0.25) is 4.79 Å². The Labute approximate surface area is 146 Å². The lowest BCUT2D eigenvalue weighted by molar-refractivity contribution is 0.00499. The van der Waals surface area contributed by atoms with Crippen molar-refractivity contribution in [1.82, 2.24) is 15.4 Å². The third-order valence-corrected chi connectivity index (χ3v) is 4.53. The molecule has 0 aliphatic carbocycles. The zero-order valence-corrected chi connectivity index (χ0v) is 14.6. The summed E-state index contributed by atoms with van der Waals surface area (Å²) in [4.78, 5) is 26.5. The van der Waals surface area contributed by atoms with Gasteiger partial charge in [0.05, 0.1) is 0 Å². The molecule has 1 N–H and O–H groups in total. The molecule has 0 radical (unpaired) electrons. The predicted octanol–water partition coefficient (Wildman–Crippen LogP) is 2.21. The number of piperidine rings is 1. The van der Waals surface area contributed by atoms with Crippen molar-refractivity contribution in [1.29, 1.82) is 5.26 Å². The van der Waals surface area contributed by atoms with Crippen LogP contribution in [0.4, 0.5) is 4.79 Å². The summed E-state index contributed by atoms with van der Waals surface area (Å²) in [6.07, 6.45) is 2.92. The highest BCUT2D eigenvalue weighted by molar-refractivity contribution is 5.92. The summed E-state index contributed by atoms with van der Waals surface area (Å²) in [5.41, 5.74) is -0.425. The summed E-state index contributed by atoms with van der Waals surface area (Å²) >= 11 is 0. The van der Waals surface area contributed by atoms with E-state index < -0.39 is 5.60 Å². The Hall–Kier alpha value is -2.56. The molecule has 0 aromatic carbocycles. The molecule has 3 heterocycles. The molecule has 1 aromatic rings. The predicted molar refractivity (Wildman–Crippen MR) is 86.6 cm³/mol. The molecule has 2 aliphatic heterocycles. The number of nitriles is 1. The molecular weight excluding hydrogens is 324 g/mol. The van der Waals surface area contributed by atoms with E-state index in [0.717, 1.165) is 12.8 Å². The minimum Gasteiger partial charge on any atom is -0.444 e. The lowest BCUT2D eigenvalue weighted by Crippen LogP contribution is -2.53. The zero-order valence-electron chi connectivity index (χ0n) is 14.6. The van der Waals surface area contributed by atoms with E-state index in [1.54, 1.807) is 6.07 Å². The van der Waals surface area contributed by atoms with Crippen LogP contribution in [0.25, 0.3) is 0 Å². The molecule has 8 heteroatoms. The van der Waals surface area contributed by atoms with Crippen LogP contribution in [0.2, 0.25) is 0 Å². The monoisotopic (exact) mass is 346 g/mol. The summed E-state index contributed by atoms with van der Waals surface area (Å²) < 4.78 is 10.2. The number of rotatable bonds is 2. The number of nitrogens with zero attached hydrogens (tertiary/aromatic N) is 3. The van der Waals surface area contributed by atoms with Gasteiger partial charge < -0.3 is 19.5 Å². The first-order valence-corrected chi connectivity index (χ1v) is 8.46. The van der Waals surface area contributed by atoms with Gasteiger partial charge >= 0.3 is 6.09 Å². The molecule has 0 saturated carbocycles. The number of fused-ring (bicyclic) bond motifs is 2. The van der Waals surface area contributed by atoms with E-state index >= 15 is 0 Å². The molecule has 2 fully saturated rings. The lowest BCUT2D eigenvalue weighted by Gasteiger charge is -2.39. The minimum atomic E-state index is -0.521. The van der Waals surface area contributed by atoms with Gasteiger partial charge in [0, 0.05) is 24.2 Å². The lowest BCUT2D eigenvalue weighted by atomic mass is 9.97. The normalized spacial score (nSPS) is 25.4. The smallest absolute Gasteiger partial charge is 0.410 e. The van der Waals surface area contributed by atoms with Crippen LogP contribution >= 0.6 is 0 Å². The maximum absolute atomic E-state index is 12.4. The van der Waals surface area contributed by atoms with Crippen molar-refractivity contribution in [3.05, 3.63) is 17.5 Å². The van der Waals surface area contributed by atoms with Gasteiger partial charge in [0.2, 0.25) is 5.76 Å². The molecule has 2 aliphatic rings. The van der Waals surface area contributed by atoms with Crippen molar-refractivity contribution in [3.63, 3.8) is 0 Å². The van der Waals surface area contributed by atoms with E-state index in [4.69, 9.17) is 14.5 Å². The van der Waals surface area contributed by atoms with Crippen LogP contribution in [-0.2, 0) is 4.74 Å². The zero-order chi connectivity index (χ0) is 18.2. The third-order valence-electron chi connectivity index (χ3n) is 4.53. The molecule has 3 rings (SSSR count). The van der Waals surface area contributed by atoms with Gasteiger partial charge in [-0.05, 0) is 46.5 Å². The number of amides is 2. The average molecular weight is 346 g/mol. The average Bonchev–Trinajstić information content (AvgIpc) is 3.09. The SMILES string of the molecule is CC(C)(C)OC(=O)N1C2CC[C@@H]1CC(NC(=O)c1cc(C#N)on1)C2. The first kappa shape index (κ1) is 17.3. The van der Waals surface area contributed by atoms with Crippen molar-refractivity contribution in [2.75, 3.05) is 0 Å². The number of ether oxygens (including phenoxy) is 1. The Balaban J connectivity index is 1.61. The van der Waals surface area contributed by atoms with Gasteiger partial charge in [0.25, 0.3) is 5.91 Å². The van der Waals surface area contributed by atoms with Crippen LogP contribution in [-0.4, -0.2) is 45.8 Å². The fourth-order valence-corrected chi connectivity index (χ4v) is 3.60. The Morgan fingerprint density at radius 3 is 2.52 bits per heavy atom. The van der Waals surface area contributed by atoms with Gasteiger partial charge in [-0.2, -0.15) is 5.26 Å². The fourth-order valence-electron chi connectivity index (χ4n) is 3.60. The second kappa shape index (κ2) is 6.39. The molecule has 8 nitrogen and oxygen atoms in total. The topological polar surface area (TPSA) is 108 Å². The standard InChI is InChI=1S/C17H22N4O4/c1-17(2,3)24-16(23)21-11-4-5-12(21)7-10(6-11)19-15(22)14-8-13(9-18)25-20-14/h8,10-12H,4-7H2,1-3H3,(H,19,22)/t10?,11-,12?/m1/s1. The van der Waals surface area contributed by atoms with Crippen molar-refractivity contribution < 1.29 is 18.8 Å². The summed E-state index contributed by atoms with van der Waals surface area (Å²) in [5.74, 6) is -0.356. The quantitative estimate of drug-likeness (QED) is 0.879. The Bertz CT molecular complexity index is 701. The number of carbonyl (C=O) groups excluding carboxylic acids is 2. The number of hydrogen-bond donors (Lipinski definition) is 1. The third kappa shape index (κ3) is 3.76. The van der Waals surface area contributed by atoms with E-state index in [1.165, 1.54) is 6.07 Å². The maximum atomic E-state index is 12.4. The van der Waals surface area contributed by atoms with Gasteiger partial charge in [0.15, 0.2) is 5.69 Å². The van der Waals surface area contributed by atoms with E-state index in [0.29, 0.717) is 12.8 Å². The summed E-state index contributed by atoms with van der Waals surface area (Å²) in [6.45, 7) is 5.56. The molecule has 2 saturated heterocycles. The maximum Gasteiger partial charge on any atom is 0.410 e. The number of nitrogens with one attached hydrogen (secondary N) is 1. The summed E-state index contributed by atoms with van der Waals surface area (Å²) in [5, 5.41) is 15.3. The molecule has 134 valence electrons. The number of carbonyl (C=O) groups is 2. The Morgan fingerprint density at radius 1 is 1.36 bits per heavy atom. The van der Waals surface area contributed by atoms with Gasteiger partial charge in [-0.15, -0.1) is 0 Å². The Kier molecular flexibility index (Phi) is 4.41. The van der Waals surface area contributed by atoms with Crippen molar-refractivity contribution >= 4 is 12.0 Å². The minimum absolute atomic E-state index is 0.00460. The van der Waals surface area contributed by atoms with Crippen LogP contribution in [0, 0.1) is 11.3 Å². The molecule has 25 heavy (non-hydrogen) atoms. The van der Waals surface area contributed by atoms with Crippen LogP contribution < -0.4 is 5.32 Å². The van der Waals surface area contributed by atoms with Crippen LogP contribution in [0.15, 0.2) is 10.6 Å². The largest absolute Gasteiger partial charge is 0.444 e. The Morgan fingerprint density at radius 2 is 2.00 bits per heavy atom. The van der Waals surface area contributed by atoms with Crippen LogP contribution in [0.3, 0.4) is 0 Å². The van der Waals surface area contributed by atoms with Gasteiger partial charge in [0.1, 0.15) is 11.7 Å². The number of hydrogen-bond acceptors (Lipinski definition) is 6. The molecule has 2 unspecified atom stereocenters. The van der Waals surface area contributed by atoms with E-state index in [1.807, 2.05) is 25.7 Å². The fraction of sp³-hybridized carbons (Fsp3) is 0.647. The highest BCUT2D eigenvalue weighted by Crippen LogP contribution is 2.36. The summed E-state index contributed by atoms with van der Waals surface area (Å²) in [7, 11) is 0. The molecule has 2 amide bonds. The van der Waals surface area contributed by atoms with Crippen molar-refractivity contribution in [2.24, 2.45) is 0 Å². The second-order valence-electron chi connectivity index (χ2n) is 7.60. The first-order chi connectivity index (χ1) is 11.8. The molecular formula is C17H22N4O4. The molecule has 3 atom stereocenters. The van der Waals surface area contributed by atoms with Gasteiger partial charge in [-0.25, -0.2) is 4.79 Å². The van der Waals surface area contributed by atoms with Crippen molar-refractivity contribution in [2.45, 2.75) is 70.2 Å². The van der Waals surface area contributed by atoms with Gasteiger partial charge in [-0.1, -0.05) is 5.16 Å². The first-order valence-electron chi connectivity index (χ1n) is 8.46. The molecule has 0 spiro atoms. The molecule has 2 bridgehead atoms. The van der Waals surface area contributed by atoms with E-state index in [9.17, 15) is 9.59 Å². The van der Waals surface area contributed by atoms with E-state index in [2.05, 4.69) is 10.5 Å². The summed E-state index contributed by atoms with van der Waals surface area (Å²) in [6, 6.07) is 3.23. The van der Waals surface area contributed by atoms with Crippen LogP contribution in [0.5, 0.6) is 0 Å². The highest BCUT2D eigenvalue weighted by atomic mass is 16.6.